The van der Waals surface area contributed by atoms with Gasteiger partial charge in [0.25, 0.3) is 0 Å². The van der Waals surface area contributed by atoms with Crippen LogP contribution in [-0.2, 0) is 19.7 Å². The molecule has 0 fully saturated rings. The first-order chi connectivity index (χ1) is 14.6. The fraction of sp³-hybridized carbons (Fsp3) is 0.217. The molecule has 0 aromatic heterocycles. The van der Waals surface area contributed by atoms with Crippen LogP contribution in [0.4, 0.5) is 0 Å². The van der Waals surface area contributed by atoms with Crippen LogP contribution in [0.2, 0.25) is 10.0 Å². The Labute approximate surface area is 185 Å². The van der Waals surface area contributed by atoms with Gasteiger partial charge in [-0.25, -0.2) is 0 Å². The van der Waals surface area contributed by atoms with Gasteiger partial charge in [0.1, 0.15) is 6.61 Å². The van der Waals surface area contributed by atoms with Crippen LogP contribution < -0.4 is 24.3 Å². The van der Waals surface area contributed by atoms with Crippen molar-refractivity contribution >= 4 is 23.2 Å². The van der Waals surface area contributed by atoms with Crippen LogP contribution in [0.1, 0.15) is 16.7 Å². The van der Waals surface area contributed by atoms with Gasteiger partial charge in [0.2, 0.25) is 6.79 Å². The summed E-state index contributed by atoms with van der Waals surface area (Å²) in [5.74, 6) is 2.91. The number of hydrogen-bond donors (Lipinski definition) is 1. The fourth-order valence-corrected chi connectivity index (χ4v) is 3.60. The highest BCUT2D eigenvalue weighted by Crippen LogP contribution is 2.33. The smallest absolute Gasteiger partial charge is 0.231 e. The summed E-state index contributed by atoms with van der Waals surface area (Å²) in [5, 5.41) is 4.60. The summed E-state index contributed by atoms with van der Waals surface area (Å²) >= 11 is 12.2. The summed E-state index contributed by atoms with van der Waals surface area (Å²) < 4.78 is 22.2. The number of nitrogens with one attached hydrogen (secondary N) is 1. The van der Waals surface area contributed by atoms with E-state index >= 15 is 0 Å². The van der Waals surface area contributed by atoms with Gasteiger partial charge >= 0.3 is 0 Å². The van der Waals surface area contributed by atoms with Crippen molar-refractivity contribution in [3.05, 3.63) is 81.3 Å². The fourth-order valence-electron chi connectivity index (χ4n) is 3.14. The Bertz CT molecular complexity index is 1040. The van der Waals surface area contributed by atoms with Crippen molar-refractivity contribution in [2.75, 3.05) is 13.9 Å². The molecule has 156 valence electrons. The van der Waals surface area contributed by atoms with Crippen molar-refractivity contribution in [1.82, 2.24) is 5.32 Å². The number of benzene rings is 3. The normalized spacial score (nSPS) is 12.1. The predicted octanol–water partition coefficient (Wildman–Crippen LogP) is 5.60. The zero-order valence-electron chi connectivity index (χ0n) is 16.4. The Morgan fingerprint density at radius 1 is 0.867 bits per heavy atom. The summed E-state index contributed by atoms with van der Waals surface area (Å²) in [7, 11) is 1.63. The van der Waals surface area contributed by atoms with E-state index in [4.69, 9.17) is 42.1 Å². The Balaban J connectivity index is 1.34. The van der Waals surface area contributed by atoms with Gasteiger partial charge in [0, 0.05) is 28.7 Å². The van der Waals surface area contributed by atoms with Crippen LogP contribution in [0.5, 0.6) is 23.0 Å². The molecule has 0 atom stereocenters. The average molecular weight is 446 g/mol. The predicted molar refractivity (Wildman–Crippen MR) is 117 cm³/mol. The molecule has 1 heterocycles. The standard InChI is InChI=1S/C23H21Cl2NO4/c1-27-22-8-15(11-26-12-16-3-7-21-23(9-16)30-14-29-21)2-6-20(22)28-13-17-4-5-18(24)10-19(17)25/h2-10,26H,11-14H2,1H3. The van der Waals surface area contributed by atoms with E-state index in [-0.39, 0.29) is 6.79 Å². The average Bonchev–Trinajstić information content (AvgIpc) is 3.21. The minimum Gasteiger partial charge on any atom is -0.493 e. The van der Waals surface area contributed by atoms with Crippen LogP contribution in [-0.4, -0.2) is 13.9 Å². The lowest BCUT2D eigenvalue weighted by Crippen LogP contribution is -2.12. The van der Waals surface area contributed by atoms with E-state index in [9.17, 15) is 0 Å². The van der Waals surface area contributed by atoms with Crippen molar-refractivity contribution in [3.8, 4) is 23.0 Å². The van der Waals surface area contributed by atoms with Gasteiger partial charge in [-0.15, -0.1) is 0 Å². The van der Waals surface area contributed by atoms with Gasteiger partial charge in [-0.05, 0) is 47.5 Å². The van der Waals surface area contributed by atoms with Gasteiger partial charge in [-0.3, -0.25) is 0 Å². The van der Waals surface area contributed by atoms with E-state index in [1.165, 1.54) is 0 Å². The highest BCUT2D eigenvalue weighted by atomic mass is 35.5. The third-order valence-electron chi connectivity index (χ3n) is 4.72. The number of ether oxygens (including phenoxy) is 4. The van der Waals surface area contributed by atoms with E-state index in [1.807, 2.05) is 42.5 Å². The quantitative estimate of drug-likeness (QED) is 0.488. The largest absolute Gasteiger partial charge is 0.493 e. The van der Waals surface area contributed by atoms with Gasteiger partial charge in [-0.2, -0.15) is 0 Å². The zero-order chi connectivity index (χ0) is 20.9. The Kier molecular flexibility index (Phi) is 6.53. The molecule has 0 spiro atoms. The molecule has 3 aromatic carbocycles. The molecule has 1 aliphatic heterocycles. The van der Waals surface area contributed by atoms with Crippen LogP contribution in [0.3, 0.4) is 0 Å². The molecule has 0 saturated heterocycles. The van der Waals surface area contributed by atoms with Crippen molar-refractivity contribution in [3.63, 3.8) is 0 Å². The molecule has 5 nitrogen and oxygen atoms in total. The number of methoxy groups -OCH3 is 1. The first kappa shape index (κ1) is 20.7. The molecule has 1 N–H and O–H groups in total. The summed E-state index contributed by atoms with van der Waals surface area (Å²) in [5.41, 5.74) is 3.08. The highest BCUT2D eigenvalue weighted by Gasteiger charge is 2.13. The molecule has 1 aliphatic rings. The molecular weight excluding hydrogens is 425 g/mol. The van der Waals surface area contributed by atoms with Crippen molar-refractivity contribution in [2.45, 2.75) is 19.7 Å². The van der Waals surface area contributed by atoms with E-state index in [2.05, 4.69) is 5.32 Å². The van der Waals surface area contributed by atoms with E-state index in [0.29, 0.717) is 41.2 Å². The maximum atomic E-state index is 6.21. The first-order valence-corrected chi connectivity index (χ1v) is 10.2. The van der Waals surface area contributed by atoms with Gasteiger partial charge < -0.3 is 24.3 Å². The molecule has 0 saturated carbocycles. The molecular formula is C23H21Cl2NO4. The van der Waals surface area contributed by atoms with Gasteiger partial charge in [0.05, 0.1) is 7.11 Å². The first-order valence-electron chi connectivity index (χ1n) is 9.45. The second kappa shape index (κ2) is 9.47. The van der Waals surface area contributed by atoms with Gasteiger partial charge in [-0.1, -0.05) is 41.4 Å². The number of fused-ring (bicyclic) bond motifs is 1. The Morgan fingerprint density at radius 2 is 1.63 bits per heavy atom. The Morgan fingerprint density at radius 3 is 2.43 bits per heavy atom. The lowest BCUT2D eigenvalue weighted by atomic mass is 10.1. The molecule has 0 radical (unpaired) electrons. The monoisotopic (exact) mass is 445 g/mol. The highest BCUT2D eigenvalue weighted by molar-refractivity contribution is 6.35. The minimum absolute atomic E-state index is 0.282. The van der Waals surface area contributed by atoms with Crippen LogP contribution in [0.15, 0.2) is 54.6 Å². The lowest BCUT2D eigenvalue weighted by molar-refractivity contribution is 0.174. The molecule has 0 bridgehead atoms. The van der Waals surface area contributed by atoms with E-state index in [1.54, 1.807) is 19.2 Å². The SMILES string of the molecule is COc1cc(CNCc2ccc3c(c2)OCO3)ccc1OCc1ccc(Cl)cc1Cl. The van der Waals surface area contributed by atoms with Crippen LogP contribution in [0.25, 0.3) is 0 Å². The summed E-state index contributed by atoms with van der Waals surface area (Å²) in [6.07, 6.45) is 0. The summed E-state index contributed by atoms with van der Waals surface area (Å²) in [6.45, 7) is 2.01. The molecule has 4 rings (SSSR count). The Hall–Kier alpha value is -2.60. The van der Waals surface area contributed by atoms with Crippen molar-refractivity contribution < 1.29 is 18.9 Å². The molecule has 7 heteroatoms. The molecule has 0 aliphatic carbocycles. The van der Waals surface area contributed by atoms with Crippen molar-refractivity contribution in [2.24, 2.45) is 0 Å². The van der Waals surface area contributed by atoms with E-state index in [0.717, 1.165) is 28.2 Å². The second-order valence-electron chi connectivity index (χ2n) is 6.80. The number of rotatable bonds is 8. The maximum absolute atomic E-state index is 6.21. The zero-order valence-corrected chi connectivity index (χ0v) is 17.9. The number of hydrogen-bond acceptors (Lipinski definition) is 5. The van der Waals surface area contributed by atoms with E-state index < -0.39 is 0 Å². The third-order valence-corrected chi connectivity index (χ3v) is 5.31. The van der Waals surface area contributed by atoms with Crippen molar-refractivity contribution in [1.29, 1.82) is 0 Å². The maximum Gasteiger partial charge on any atom is 0.231 e. The molecule has 30 heavy (non-hydrogen) atoms. The van der Waals surface area contributed by atoms with Crippen LogP contribution in [0, 0.1) is 0 Å². The second-order valence-corrected chi connectivity index (χ2v) is 7.64. The van der Waals surface area contributed by atoms with Gasteiger partial charge in [0.15, 0.2) is 23.0 Å². The lowest BCUT2D eigenvalue weighted by Gasteiger charge is -2.13. The third kappa shape index (κ3) is 4.93. The summed E-state index contributed by atoms with van der Waals surface area (Å²) in [6, 6.07) is 17.2. The number of halogens is 2. The molecule has 0 amide bonds. The molecule has 3 aromatic rings. The minimum atomic E-state index is 0.282. The molecule has 0 unspecified atom stereocenters. The van der Waals surface area contributed by atoms with Crippen LogP contribution >= 0.6 is 23.2 Å². The topological polar surface area (TPSA) is 49.0 Å². The summed E-state index contributed by atoms with van der Waals surface area (Å²) in [4.78, 5) is 0.